The summed E-state index contributed by atoms with van der Waals surface area (Å²) in [6, 6.07) is 17.4. The molecule has 0 saturated carbocycles. The van der Waals surface area contributed by atoms with Crippen molar-refractivity contribution in [2.45, 2.75) is 38.3 Å². The predicted octanol–water partition coefficient (Wildman–Crippen LogP) is 7.79. The number of anilines is 1. The Morgan fingerprint density at radius 3 is 2.60 bits per heavy atom. The molecule has 3 aromatic rings. The molecule has 172 valence electrons. The highest BCUT2D eigenvalue weighted by Crippen LogP contribution is 2.52. The van der Waals surface area contributed by atoms with Crippen molar-refractivity contribution in [1.82, 2.24) is 4.57 Å². The van der Waals surface area contributed by atoms with E-state index in [1.807, 2.05) is 0 Å². The predicted molar refractivity (Wildman–Crippen MR) is 140 cm³/mol. The molecule has 0 radical (unpaired) electrons. The highest BCUT2D eigenvalue weighted by molar-refractivity contribution is 6.16. The second-order valence-electron chi connectivity index (χ2n) is 9.92. The van der Waals surface area contributed by atoms with Crippen molar-refractivity contribution in [2.75, 3.05) is 4.90 Å². The van der Waals surface area contributed by atoms with Crippen LogP contribution in [0.1, 0.15) is 32.1 Å². The Labute approximate surface area is 204 Å². The maximum absolute atomic E-state index is 14.7. The minimum atomic E-state index is -0.791. The van der Waals surface area contributed by atoms with Gasteiger partial charge in [0.2, 0.25) is 0 Å². The van der Waals surface area contributed by atoms with Crippen LogP contribution in [0.15, 0.2) is 95.9 Å². The van der Waals surface area contributed by atoms with Crippen LogP contribution in [0.5, 0.6) is 0 Å². The van der Waals surface area contributed by atoms with Crippen LogP contribution in [0.3, 0.4) is 0 Å². The van der Waals surface area contributed by atoms with E-state index in [9.17, 15) is 9.65 Å². The van der Waals surface area contributed by atoms with E-state index in [1.54, 1.807) is 0 Å². The van der Waals surface area contributed by atoms with E-state index in [1.165, 1.54) is 16.7 Å². The molecule has 3 atom stereocenters. The zero-order valence-electron chi connectivity index (χ0n) is 19.5. The van der Waals surface area contributed by atoms with Crippen molar-refractivity contribution in [3.05, 3.63) is 95.9 Å². The monoisotopic (exact) mass is 459 g/mol. The molecule has 3 unspecified atom stereocenters. The van der Waals surface area contributed by atoms with Gasteiger partial charge in [-0.2, -0.15) is 5.26 Å². The third-order valence-electron chi connectivity index (χ3n) is 8.06. The Bertz CT molecular complexity index is 1570. The zero-order valence-corrected chi connectivity index (χ0v) is 19.5. The fourth-order valence-corrected chi connectivity index (χ4v) is 6.55. The Morgan fingerprint density at radius 1 is 0.914 bits per heavy atom. The average Bonchev–Trinajstić information content (AvgIpc) is 3.41. The van der Waals surface area contributed by atoms with Gasteiger partial charge in [0.15, 0.2) is 0 Å². The normalized spacial score (nSPS) is 25.5. The Kier molecular flexibility index (Phi) is 4.60. The van der Waals surface area contributed by atoms with E-state index >= 15 is 0 Å². The summed E-state index contributed by atoms with van der Waals surface area (Å²) >= 11 is 0. The lowest BCUT2D eigenvalue weighted by molar-refractivity contribution is 0.298. The summed E-state index contributed by atoms with van der Waals surface area (Å²) in [6.45, 7) is 0. The van der Waals surface area contributed by atoms with E-state index in [0.717, 1.165) is 52.8 Å². The van der Waals surface area contributed by atoms with Gasteiger partial charge in [-0.25, -0.2) is 4.39 Å². The summed E-state index contributed by atoms with van der Waals surface area (Å²) < 4.78 is 17.0. The fraction of sp³-hybridized carbons (Fsp3) is 0.258. The number of benzene rings is 2. The van der Waals surface area contributed by atoms with Gasteiger partial charge in [0.05, 0.1) is 28.7 Å². The lowest BCUT2D eigenvalue weighted by atomic mass is 9.85. The maximum Gasteiger partial charge on any atom is 0.106 e. The number of nitrogens with zero attached hydrogens (tertiary/aromatic N) is 3. The van der Waals surface area contributed by atoms with Crippen LogP contribution in [0, 0.1) is 23.2 Å². The van der Waals surface area contributed by atoms with Crippen molar-refractivity contribution >= 4 is 33.2 Å². The number of allylic oxidation sites excluding steroid dienone is 9. The third kappa shape index (κ3) is 2.94. The molecule has 4 heteroatoms. The maximum atomic E-state index is 14.7. The van der Waals surface area contributed by atoms with Crippen LogP contribution < -0.4 is 4.90 Å². The summed E-state index contributed by atoms with van der Waals surface area (Å²) in [5.41, 5.74) is 8.16. The van der Waals surface area contributed by atoms with Crippen molar-refractivity contribution in [1.29, 1.82) is 5.26 Å². The first-order valence-electron chi connectivity index (χ1n) is 12.6. The van der Waals surface area contributed by atoms with Crippen LogP contribution in [-0.2, 0) is 0 Å². The van der Waals surface area contributed by atoms with Crippen molar-refractivity contribution in [3.63, 3.8) is 0 Å². The SMILES string of the molecule is N#CC1CC=CC=C1n1c2ccccc2c2c(N3C4=CC=CCC4C4=C3CC(F)CC4)cccc21. The number of para-hydroxylation sites is 1. The molecule has 2 aromatic carbocycles. The number of hydrogen-bond acceptors (Lipinski definition) is 2. The van der Waals surface area contributed by atoms with Gasteiger partial charge in [0.25, 0.3) is 0 Å². The minimum Gasteiger partial charge on any atom is -0.317 e. The third-order valence-corrected chi connectivity index (χ3v) is 8.06. The van der Waals surface area contributed by atoms with E-state index in [0.29, 0.717) is 18.8 Å². The average molecular weight is 460 g/mol. The zero-order chi connectivity index (χ0) is 23.5. The summed E-state index contributed by atoms with van der Waals surface area (Å²) in [5.74, 6) is 0.158. The van der Waals surface area contributed by atoms with Gasteiger partial charge in [-0.1, -0.05) is 48.6 Å². The van der Waals surface area contributed by atoms with E-state index in [-0.39, 0.29) is 5.92 Å². The van der Waals surface area contributed by atoms with Gasteiger partial charge < -0.3 is 9.47 Å². The Balaban J connectivity index is 1.53. The van der Waals surface area contributed by atoms with Gasteiger partial charge in [0.1, 0.15) is 6.17 Å². The van der Waals surface area contributed by atoms with Crippen molar-refractivity contribution < 1.29 is 4.39 Å². The summed E-state index contributed by atoms with van der Waals surface area (Å²) in [4.78, 5) is 2.37. The molecule has 0 saturated heterocycles. The summed E-state index contributed by atoms with van der Waals surface area (Å²) in [6.07, 6.45) is 15.6. The number of hydrogen-bond donors (Lipinski definition) is 0. The fourth-order valence-electron chi connectivity index (χ4n) is 6.55. The highest BCUT2D eigenvalue weighted by atomic mass is 19.1. The summed E-state index contributed by atoms with van der Waals surface area (Å²) in [7, 11) is 0. The first-order valence-corrected chi connectivity index (χ1v) is 12.6. The van der Waals surface area contributed by atoms with Crippen molar-refractivity contribution in [2.24, 2.45) is 11.8 Å². The molecule has 7 rings (SSSR count). The first kappa shape index (κ1) is 20.5. The van der Waals surface area contributed by atoms with Gasteiger partial charge in [-0.15, -0.1) is 0 Å². The number of nitriles is 1. The van der Waals surface area contributed by atoms with Gasteiger partial charge in [-0.3, -0.25) is 0 Å². The summed E-state index contributed by atoms with van der Waals surface area (Å²) in [5, 5.41) is 12.2. The number of fused-ring (bicyclic) bond motifs is 5. The molecule has 0 spiro atoms. The Morgan fingerprint density at radius 2 is 1.71 bits per heavy atom. The van der Waals surface area contributed by atoms with E-state index in [2.05, 4.69) is 94.5 Å². The van der Waals surface area contributed by atoms with E-state index in [4.69, 9.17) is 0 Å². The van der Waals surface area contributed by atoms with Gasteiger partial charge in [0, 0.05) is 40.2 Å². The molecule has 0 amide bonds. The molecular weight excluding hydrogens is 433 g/mol. The van der Waals surface area contributed by atoms with Gasteiger partial charge >= 0.3 is 0 Å². The molecule has 3 aliphatic carbocycles. The lowest BCUT2D eigenvalue weighted by Crippen LogP contribution is -2.22. The number of alkyl halides is 1. The van der Waals surface area contributed by atoms with E-state index < -0.39 is 6.17 Å². The largest absolute Gasteiger partial charge is 0.317 e. The standard InChI is InChI=1S/C31H26FN3/c32-21-16-17-23-22-9-2-5-12-26(22)35(30(23)18-21)29-15-7-14-28-31(29)24-10-3-6-13-27(24)34(28)25-11-4-1-8-20(25)19-33/h1-7,10-15,20-22H,8-9,16-18H2. The topological polar surface area (TPSA) is 32.0 Å². The van der Waals surface area contributed by atoms with Crippen LogP contribution in [0.4, 0.5) is 10.1 Å². The van der Waals surface area contributed by atoms with Crippen LogP contribution in [-0.4, -0.2) is 10.7 Å². The van der Waals surface area contributed by atoms with Crippen LogP contribution >= 0.6 is 0 Å². The van der Waals surface area contributed by atoms with Crippen LogP contribution in [0.2, 0.25) is 0 Å². The molecule has 2 heterocycles. The minimum absolute atomic E-state index is 0.190. The molecule has 0 bridgehead atoms. The second kappa shape index (κ2) is 7.85. The smallest absolute Gasteiger partial charge is 0.106 e. The van der Waals surface area contributed by atoms with Crippen molar-refractivity contribution in [3.8, 4) is 6.07 Å². The Hall–Kier alpha value is -3.84. The molecule has 3 nitrogen and oxygen atoms in total. The highest BCUT2D eigenvalue weighted by Gasteiger charge is 2.40. The molecule has 1 aromatic heterocycles. The second-order valence-corrected chi connectivity index (χ2v) is 9.92. The lowest BCUT2D eigenvalue weighted by Gasteiger charge is -2.29. The molecule has 35 heavy (non-hydrogen) atoms. The molecule has 0 N–H and O–H groups in total. The van der Waals surface area contributed by atoms with Crippen LogP contribution in [0.25, 0.3) is 27.5 Å². The molecule has 0 fully saturated rings. The van der Waals surface area contributed by atoms with Gasteiger partial charge in [-0.05, 0) is 61.6 Å². The number of aromatic nitrogens is 1. The quantitative estimate of drug-likeness (QED) is 0.392. The first-order chi connectivity index (χ1) is 17.3. The number of rotatable bonds is 2. The number of halogens is 1. The molecule has 1 aliphatic heterocycles. The molecule has 4 aliphatic rings. The molecular formula is C31H26FN3.